The first-order chi connectivity index (χ1) is 11.0. The summed E-state index contributed by atoms with van der Waals surface area (Å²) in [6, 6.07) is 10.3. The second-order valence-electron chi connectivity index (χ2n) is 5.20. The van der Waals surface area contributed by atoms with Crippen LogP contribution in [0, 0.1) is 11.6 Å². The first-order valence-electron chi connectivity index (χ1n) is 7.03. The van der Waals surface area contributed by atoms with Gasteiger partial charge in [0, 0.05) is 28.5 Å². The molecule has 0 unspecified atom stereocenters. The lowest BCUT2D eigenvalue weighted by Crippen LogP contribution is -2.26. The van der Waals surface area contributed by atoms with E-state index in [4.69, 9.17) is 11.6 Å². The standard InChI is InChI=1S/C17H13ClF2N2O/c18-12-2-1-11-7-16(22-15(11)8-12)17(23)21-4-3-10-5-13(19)9-14(20)6-10/h1-2,5-9,22H,3-4H2,(H,21,23). The van der Waals surface area contributed by atoms with Crippen LogP contribution in [0.4, 0.5) is 8.78 Å². The van der Waals surface area contributed by atoms with Crippen LogP contribution >= 0.6 is 11.6 Å². The maximum absolute atomic E-state index is 13.1. The van der Waals surface area contributed by atoms with E-state index in [-0.39, 0.29) is 12.5 Å². The van der Waals surface area contributed by atoms with Crippen LogP contribution in [0.15, 0.2) is 42.5 Å². The van der Waals surface area contributed by atoms with Gasteiger partial charge in [-0.2, -0.15) is 0 Å². The average molecular weight is 335 g/mol. The van der Waals surface area contributed by atoms with E-state index in [1.165, 1.54) is 12.1 Å². The van der Waals surface area contributed by atoms with Crippen molar-refractivity contribution in [1.29, 1.82) is 0 Å². The molecule has 3 rings (SSSR count). The number of nitrogens with one attached hydrogen (secondary N) is 2. The van der Waals surface area contributed by atoms with Gasteiger partial charge in [0.2, 0.25) is 0 Å². The van der Waals surface area contributed by atoms with E-state index in [0.717, 1.165) is 17.0 Å². The summed E-state index contributed by atoms with van der Waals surface area (Å²) in [6.07, 6.45) is 0.340. The molecule has 1 amide bonds. The van der Waals surface area contributed by atoms with Crippen LogP contribution in [0.5, 0.6) is 0 Å². The molecule has 0 spiro atoms. The molecule has 0 bridgehead atoms. The number of H-pyrrole nitrogens is 1. The minimum Gasteiger partial charge on any atom is -0.350 e. The van der Waals surface area contributed by atoms with Crippen molar-refractivity contribution in [2.24, 2.45) is 0 Å². The molecule has 2 aromatic carbocycles. The van der Waals surface area contributed by atoms with Gasteiger partial charge in [0.25, 0.3) is 5.91 Å². The number of benzene rings is 2. The van der Waals surface area contributed by atoms with Gasteiger partial charge < -0.3 is 10.3 Å². The van der Waals surface area contributed by atoms with Crippen molar-refractivity contribution in [3.05, 3.63) is 70.4 Å². The molecule has 0 aliphatic rings. The van der Waals surface area contributed by atoms with E-state index in [1.807, 2.05) is 6.07 Å². The van der Waals surface area contributed by atoms with Crippen LogP contribution in [0.3, 0.4) is 0 Å². The molecule has 0 saturated carbocycles. The Balaban J connectivity index is 1.64. The van der Waals surface area contributed by atoms with Gasteiger partial charge >= 0.3 is 0 Å². The Hall–Kier alpha value is -2.40. The number of aromatic amines is 1. The molecule has 0 radical (unpaired) electrons. The highest BCUT2D eigenvalue weighted by molar-refractivity contribution is 6.31. The molecule has 118 valence electrons. The first kappa shape index (κ1) is 15.5. The van der Waals surface area contributed by atoms with Gasteiger partial charge in [0.05, 0.1) is 0 Å². The second-order valence-corrected chi connectivity index (χ2v) is 5.63. The number of rotatable bonds is 4. The molecule has 3 aromatic rings. The van der Waals surface area contributed by atoms with Gasteiger partial charge in [0.1, 0.15) is 17.3 Å². The lowest BCUT2D eigenvalue weighted by atomic mass is 10.1. The van der Waals surface area contributed by atoms with Crippen molar-refractivity contribution >= 4 is 28.4 Å². The molecular formula is C17H13ClF2N2O. The molecule has 0 saturated heterocycles. The van der Waals surface area contributed by atoms with Gasteiger partial charge in [-0.15, -0.1) is 0 Å². The number of fused-ring (bicyclic) bond motifs is 1. The Labute approximate surface area is 136 Å². The topological polar surface area (TPSA) is 44.9 Å². The summed E-state index contributed by atoms with van der Waals surface area (Å²) >= 11 is 5.90. The van der Waals surface area contributed by atoms with E-state index in [9.17, 15) is 13.6 Å². The Bertz CT molecular complexity index is 856. The fourth-order valence-corrected chi connectivity index (χ4v) is 2.56. The molecule has 0 atom stereocenters. The minimum atomic E-state index is -0.626. The number of hydrogen-bond donors (Lipinski definition) is 2. The van der Waals surface area contributed by atoms with Crippen LogP contribution in [-0.4, -0.2) is 17.4 Å². The second kappa shape index (κ2) is 6.38. The van der Waals surface area contributed by atoms with E-state index < -0.39 is 11.6 Å². The number of aromatic nitrogens is 1. The molecular weight excluding hydrogens is 322 g/mol. The predicted molar refractivity (Wildman–Crippen MR) is 85.7 cm³/mol. The predicted octanol–water partition coefficient (Wildman–Crippen LogP) is 4.07. The van der Waals surface area contributed by atoms with Gasteiger partial charge in [-0.1, -0.05) is 17.7 Å². The smallest absolute Gasteiger partial charge is 0.267 e. The third-order valence-corrected chi connectivity index (χ3v) is 3.69. The molecule has 0 fully saturated rings. The Kier molecular flexibility index (Phi) is 4.30. The summed E-state index contributed by atoms with van der Waals surface area (Å²) in [5, 5.41) is 4.18. The molecule has 3 nitrogen and oxygen atoms in total. The normalized spacial score (nSPS) is 10.9. The first-order valence-corrected chi connectivity index (χ1v) is 7.40. The van der Waals surface area contributed by atoms with Crippen LogP contribution in [0.25, 0.3) is 10.9 Å². The quantitative estimate of drug-likeness (QED) is 0.742. The van der Waals surface area contributed by atoms with E-state index in [1.54, 1.807) is 18.2 Å². The number of halogens is 3. The van der Waals surface area contributed by atoms with Gasteiger partial charge in [-0.3, -0.25) is 4.79 Å². The van der Waals surface area contributed by atoms with Gasteiger partial charge in [-0.25, -0.2) is 8.78 Å². The van der Waals surface area contributed by atoms with Crippen LogP contribution in [0.1, 0.15) is 16.1 Å². The number of carbonyl (C=O) groups is 1. The van der Waals surface area contributed by atoms with Crippen molar-refractivity contribution < 1.29 is 13.6 Å². The fourth-order valence-electron chi connectivity index (χ4n) is 2.39. The fraction of sp³-hybridized carbons (Fsp3) is 0.118. The lowest BCUT2D eigenvalue weighted by molar-refractivity contribution is 0.0950. The van der Waals surface area contributed by atoms with Crippen molar-refractivity contribution in [3.63, 3.8) is 0 Å². The Morgan fingerprint density at radius 2 is 1.83 bits per heavy atom. The summed E-state index contributed by atoms with van der Waals surface area (Å²) < 4.78 is 26.2. The third-order valence-electron chi connectivity index (χ3n) is 3.45. The highest BCUT2D eigenvalue weighted by Crippen LogP contribution is 2.19. The lowest BCUT2D eigenvalue weighted by Gasteiger charge is -2.04. The summed E-state index contributed by atoms with van der Waals surface area (Å²) in [5.41, 5.74) is 1.67. The van der Waals surface area contributed by atoms with Gasteiger partial charge in [0.15, 0.2) is 0 Å². The Morgan fingerprint density at radius 1 is 1.09 bits per heavy atom. The number of amides is 1. The van der Waals surface area contributed by atoms with Crippen molar-refractivity contribution in [2.45, 2.75) is 6.42 Å². The SMILES string of the molecule is O=C(NCCc1cc(F)cc(F)c1)c1cc2ccc(Cl)cc2[nH]1. The largest absolute Gasteiger partial charge is 0.350 e. The zero-order chi connectivity index (χ0) is 16.4. The minimum absolute atomic E-state index is 0.276. The van der Waals surface area contributed by atoms with Crippen LogP contribution in [-0.2, 0) is 6.42 Å². The summed E-state index contributed by atoms with van der Waals surface area (Å²) in [6.45, 7) is 0.276. The number of carbonyl (C=O) groups excluding carboxylic acids is 1. The molecule has 1 heterocycles. The molecule has 1 aromatic heterocycles. The monoisotopic (exact) mass is 334 g/mol. The average Bonchev–Trinajstić information content (AvgIpc) is 2.89. The van der Waals surface area contributed by atoms with Crippen LogP contribution < -0.4 is 5.32 Å². The summed E-state index contributed by atoms with van der Waals surface area (Å²) in [4.78, 5) is 15.1. The van der Waals surface area contributed by atoms with Crippen molar-refractivity contribution in [1.82, 2.24) is 10.3 Å². The Morgan fingerprint density at radius 3 is 2.57 bits per heavy atom. The summed E-state index contributed by atoms with van der Waals surface area (Å²) in [5.74, 6) is -1.54. The molecule has 0 aliphatic heterocycles. The van der Waals surface area contributed by atoms with Gasteiger partial charge in [-0.05, 0) is 42.3 Å². The zero-order valence-electron chi connectivity index (χ0n) is 12.0. The highest BCUT2D eigenvalue weighted by atomic mass is 35.5. The molecule has 2 N–H and O–H groups in total. The highest BCUT2D eigenvalue weighted by Gasteiger charge is 2.09. The maximum atomic E-state index is 13.1. The van der Waals surface area contributed by atoms with Crippen molar-refractivity contribution in [3.8, 4) is 0 Å². The zero-order valence-corrected chi connectivity index (χ0v) is 12.8. The van der Waals surface area contributed by atoms with E-state index in [0.29, 0.717) is 22.7 Å². The van der Waals surface area contributed by atoms with Crippen molar-refractivity contribution in [2.75, 3.05) is 6.54 Å². The molecule has 0 aliphatic carbocycles. The third kappa shape index (κ3) is 3.68. The molecule has 6 heteroatoms. The van der Waals surface area contributed by atoms with E-state index >= 15 is 0 Å². The van der Waals surface area contributed by atoms with E-state index in [2.05, 4.69) is 10.3 Å². The summed E-state index contributed by atoms with van der Waals surface area (Å²) in [7, 11) is 0. The molecule has 23 heavy (non-hydrogen) atoms. The maximum Gasteiger partial charge on any atom is 0.267 e. The number of hydrogen-bond acceptors (Lipinski definition) is 1. The van der Waals surface area contributed by atoms with Crippen LogP contribution in [0.2, 0.25) is 5.02 Å².